The van der Waals surface area contributed by atoms with E-state index in [1.807, 2.05) is 6.08 Å². The highest BCUT2D eigenvalue weighted by molar-refractivity contribution is 5.85. The summed E-state index contributed by atoms with van der Waals surface area (Å²) in [5, 5.41) is 8.99. The van der Waals surface area contributed by atoms with Crippen LogP contribution in [0, 0.1) is 5.82 Å². The van der Waals surface area contributed by atoms with Crippen molar-refractivity contribution in [3.8, 4) is 0 Å². The summed E-state index contributed by atoms with van der Waals surface area (Å²) in [6.45, 7) is 9.31. The van der Waals surface area contributed by atoms with Crippen LogP contribution < -0.4 is 0 Å². The van der Waals surface area contributed by atoms with E-state index in [1.54, 1.807) is 18.2 Å². The van der Waals surface area contributed by atoms with Gasteiger partial charge < -0.3 is 5.11 Å². The Hall–Kier alpha value is -2.68. The van der Waals surface area contributed by atoms with Gasteiger partial charge in [-0.25, -0.2) is 9.18 Å². The van der Waals surface area contributed by atoms with Gasteiger partial charge in [0.25, 0.3) is 0 Å². The summed E-state index contributed by atoms with van der Waals surface area (Å²) in [5.74, 6) is -1.30. The lowest BCUT2D eigenvalue weighted by Crippen LogP contribution is -2.33. The van der Waals surface area contributed by atoms with Crippen molar-refractivity contribution in [2.45, 2.75) is 64.2 Å². The number of hydrogen-bond donors (Lipinski definition) is 1. The molecular weight excluding hydrogens is 375 g/mol. The first-order valence-corrected chi connectivity index (χ1v) is 10.6. The Morgan fingerprint density at radius 1 is 0.967 bits per heavy atom. The normalized spacial score (nSPS) is 17.7. The second-order valence-corrected chi connectivity index (χ2v) is 9.52. The Morgan fingerprint density at radius 3 is 2.23 bits per heavy atom. The van der Waals surface area contributed by atoms with Gasteiger partial charge in [-0.15, -0.1) is 0 Å². The van der Waals surface area contributed by atoms with Crippen molar-refractivity contribution in [3.05, 3.63) is 88.8 Å². The summed E-state index contributed by atoms with van der Waals surface area (Å²) in [6.07, 6.45) is 8.76. The zero-order chi connectivity index (χ0) is 21.9. The number of rotatable bonds is 6. The lowest BCUT2D eigenvalue weighted by atomic mass is 9.63. The molecule has 158 valence electrons. The van der Waals surface area contributed by atoms with Gasteiger partial charge in [-0.3, -0.25) is 0 Å². The van der Waals surface area contributed by atoms with Gasteiger partial charge in [0.15, 0.2) is 0 Å². The van der Waals surface area contributed by atoms with E-state index in [1.165, 1.54) is 41.7 Å². The Bertz CT molecular complexity index is 978. The van der Waals surface area contributed by atoms with E-state index in [9.17, 15) is 9.18 Å². The third-order valence-corrected chi connectivity index (χ3v) is 6.30. The fraction of sp³-hybridized carbons (Fsp3) is 0.370. The molecule has 0 aliphatic heterocycles. The first-order valence-electron chi connectivity index (χ1n) is 10.6. The van der Waals surface area contributed by atoms with Crippen LogP contribution in [-0.4, -0.2) is 11.1 Å². The lowest BCUT2D eigenvalue weighted by Gasteiger charge is -2.42. The first-order chi connectivity index (χ1) is 14.1. The van der Waals surface area contributed by atoms with Crippen LogP contribution in [0.2, 0.25) is 0 Å². The Balaban J connectivity index is 1.83. The second-order valence-electron chi connectivity index (χ2n) is 9.52. The highest BCUT2D eigenvalue weighted by Gasteiger charge is 2.36. The zero-order valence-electron chi connectivity index (χ0n) is 18.3. The fourth-order valence-corrected chi connectivity index (χ4v) is 4.27. The van der Waals surface area contributed by atoms with Crippen LogP contribution in [0.3, 0.4) is 0 Å². The van der Waals surface area contributed by atoms with Gasteiger partial charge in [0, 0.05) is 6.08 Å². The molecule has 0 fully saturated rings. The SMILES string of the molecule is CC1(C)CCC(C)(C)c2cc(CC/C=C(/C=C/C(=O)O)c3ccc(F)cc3)ccc21. The summed E-state index contributed by atoms with van der Waals surface area (Å²) in [5.41, 5.74) is 6.18. The quantitative estimate of drug-likeness (QED) is 0.421. The Labute approximate surface area is 179 Å². The molecule has 0 heterocycles. The van der Waals surface area contributed by atoms with Gasteiger partial charge in [0.2, 0.25) is 0 Å². The van der Waals surface area contributed by atoms with Crippen molar-refractivity contribution >= 4 is 11.5 Å². The molecule has 1 N–H and O–H groups in total. The van der Waals surface area contributed by atoms with Crippen molar-refractivity contribution in [3.63, 3.8) is 0 Å². The maximum Gasteiger partial charge on any atom is 0.328 e. The lowest BCUT2D eigenvalue weighted by molar-refractivity contribution is -0.131. The second kappa shape index (κ2) is 8.59. The average molecular weight is 407 g/mol. The Kier molecular flexibility index (Phi) is 6.30. The van der Waals surface area contributed by atoms with Gasteiger partial charge in [-0.2, -0.15) is 0 Å². The number of carboxylic acid groups (broad SMARTS) is 1. The molecule has 0 amide bonds. The predicted molar refractivity (Wildman–Crippen MR) is 121 cm³/mol. The molecular formula is C27H31FO2. The average Bonchev–Trinajstić information content (AvgIpc) is 2.69. The van der Waals surface area contributed by atoms with E-state index < -0.39 is 5.97 Å². The number of aryl methyl sites for hydroxylation is 1. The molecule has 0 saturated heterocycles. The van der Waals surface area contributed by atoms with E-state index >= 15 is 0 Å². The van der Waals surface area contributed by atoms with Crippen LogP contribution in [-0.2, 0) is 22.0 Å². The zero-order valence-corrected chi connectivity index (χ0v) is 18.3. The summed E-state index contributed by atoms with van der Waals surface area (Å²) >= 11 is 0. The van der Waals surface area contributed by atoms with Crippen LogP contribution in [0.25, 0.3) is 5.57 Å². The standard InChI is InChI=1S/C27H31FO2/c1-26(2)16-17-27(3,4)24-18-19(8-14-23(24)26)6-5-7-20(11-15-25(29)30)21-9-12-22(28)13-10-21/h7-15,18H,5-6,16-17H2,1-4H3,(H,29,30)/b15-11+,20-7-. The number of carbonyl (C=O) groups is 1. The maximum atomic E-state index is 13.3. The van der Waals surface area contributed by atoms with E-state index in [2.05, 4.69) is 45.9 Å². The number of halogens is 1. The molecule has 0 atom stereocenters. The van der Waals surface area contributed by atoms with E-state index in [0.717, 1.165) is 30.1 Å². The van der Waals surface area contributed by atoms with Gasteiger partial charge in [0.05, 0.1) is 0 Å². The van der Waals surface area contributed by atoms with E-state index in [0.29, 0.717) is 0 Å². The van der Waals surface area contributed by atoms with E-state index in [-0.39, 0.29) is 16.6 Å². The highest BCUT2D eigenvalue weighted by atomic mass is 19.1. The molecule has 0 aromatic heterocycles. The summed E-state index contributed by atoms with van der Waals surface area (Å²) in [4.78, 5) is 11.0. The largest absolute Gasteiger partial charge is 0.478 e. The fourth-order valence-electron chi connectivity index (χ4n) is 4.27. The number of carboxylic acids is 1. The number of fused-ring (bicyclic) bond motifs is 1. The molecule has 0 spiro atoms. The molecule has 0 radical (unpaired) electrons. The minimum absolute atomic E-state index is 0.181. The molecule has 1 aliphatic rings. The molecule has 3 rings (SSSR count). The number of benzene rings is 2. The van der Waals surface area contributed by atoms with Gasteiger partial charge in [-0.1, -0.05) is 64.1 Å². The van der Waals surface area contributed by atoms with Crippen molar-refractivity contribution < 1.29 is 14.3 Å². The summed E-state index contributed by atoms with van der Waals surface area (Å²) in [6, 6.07) is 13.0. The number of aliphatic carboxylic acids is 1. The minimum Gasteiger partial charge on any atom is -0.478 e. The topological polar surface area (TPSA) is 37.3 Å². The number of hydrogen-bond acceptors (Lipinski definition) is 1. The molecule has 2 aromatic carbocycles. The van der Waals surface area contributed by atoms with Gasteiger partial charge in [-0.05, 0) is 82.5 Å². The minimum atomic E-state index is -0.998. The van der Waals surface area contributed by atoms with Gasteiger partial charge in [0.1, 0.15) is 5.82 Å². The molecule has 30 heavy (non-hydrogen) atoms. The molecule has 1 aliphatic carbocycles. The van der Waals surface area contributed by atoms with Crippen LogP contribution in [0.15, 0.2) is 60.7 Å². The molecule has 0 bridgehead atoms. The summed E-state index contributed by atoms with van der Waals surface area (Å²) < 4.78 is 13.3. The van der Waals surface area contributed by atoms with Crippen LogP contribution >= 0.6 is 0 Å². The molecule has 0 saturated carbocycles. The highest BCUT2D eigenvalue weighted by Crippen LogP contribution is 2.45. The van der Waals surface area contributed by atoms with Crippen molar-refractivity contribution in [2.24, 2.45) is 0 Å². The third kappa shape index (κ3) is 5.08. The molecule has 0 unspecified atom stereocenters. The molecule has 3 heteroatoms. The van der Waals surface area contributed by atoms with Gasteiger partial charge >= 0.3 is 5.97 Å². The maximum absolute atomic E-state index is 13.3. The van der Waals surface area contributed by atoms with Crippen molar-refractivity contribution in [2.75, 3.05) is 0 Å². The molecule has 2 aromatic rings. The Morgan fingerprint density at radius 2 is 1.60 bits per heavy atom. The predicted octanol–water partition coefficient (Wildman–Crippen LogP) is 6.83. The third-order valence-electron chi connectivity index (χ3n) is 6.30. The number of allylic oxidation sites excluding steroid dienone is 3. The monoisotopic (exact) mass is 406 g/mol. The smallest absolute Gasteiger partial charge is 0.328 e. The summed E-state index contributed by atoms with van der Waals surface area (Å²) in [7, 11) is 0. The van der Waals surface area contributed by atoms with Crippen LogP contribution in [0.4, 0.5) is 4.39 Å². The molecule has 2 nitrogen and oxygen atoms in total. The first kappa shape index (κ1) is 22.0. The van der Waals surface area contributed by atoms with E-state index in [4.69, 9.17) is 5.11 Å². The van der Waals surface area contributed by atoms with Crippen LogP contribution in [0.5, 0.6) is 0 Å². The van der Waals surface area contributed by atoms with Crippen molar-refractivity contribution in [1.29, 1.82) is 0 Å². The van der Waals surface area contributed by atoms with Crippen LogP contribution in [0.1, 0.15) is 69.2 Å². The van der Waals surface area contributed by atoms with Crippen molar-refractivity contribution in [1.82, 2.24) is 0 Å².